The first kappa shape index (κ1) is 23.1. The third kappa shape index (κ3) is 6.20. The normalized spacial score (nSPS) is 13.3. The summed E-state index contributed by atoms with van der Waals surface area (Å²) < 4.78 is 5.54. The number of carboxylic acids is 1. The van der Waals surface area contributed by atoms with E-state index < -0.39 is 12.1 Å². The first-order chi connectivity index (χ1) is 15.5. The number of amides is 2. The zero-order valence-electron chi connectivity index (χ0n) is 18.0. The molecule has 0 heterocycles. The lowest BCUT2D eigenvalue weighted by Gasteiger charge is -2.17. The summed E-state index contributed by atoms with van der Waals surface area (Å²) in [7, 11) is 0. The molecule has 2 amide bonds. The number of ether oxygens (including phenoxy) is 1. The molecular formula is C25H28N2O5. The van der Waals surface area contributed by atoms with Crippen molar-refractivity contribution in [3.05, 3.63) is 71.8 Å². The summed E-state index contributed by atoms with van der Waals surface area (Å²) in [4.78, 5) is 34.4. The molecule has 0 radical (unpaired) electrons. The Morgan fingerprint density at radius 2 is 1.69 bits per heavy atom. The SMILES string of the molecule is CC(CCCC(=O)NC/C=C/C(=O)O)NC(=O)OCC1c2ccccc2-c2ccccc21. The summed E-state index contributed by atoms with van der Waals surface area (Å²) in [6.45, 7) is 2.31. The second-order valence-corrected chi connectivity index (χ2v) is 7.81. The van der Waals surface area contributed by atoms with Crippen molar-refractivity contribution in [1.29, 1.82) is 0 Å². The molecule has 3 rings (SSSR count). The van der Waals surface area contributed by atoms with Gasteiger partial charge >= 0.3 is 12.1 Å². The van der Waals surface area contributed by atoms with Crippen LogP contribution in [0.1, 0.15) is 43.2 Å². The molecule has 2 aromatic rings. The Balaban J connectivity index is 1.40. The van der Waals surface area contributed by atoms with Crippen molar-refractivity contribution in [2.75, 3.05) is 13.2 Å². The number of aliphatic carboxylic acids is 1. The predicted octanol–water partition coefficient (Wildman–Crippen LogP) is 3.84. The van der Waals surface area contributed by atoms with E-state index in [0.29, 0.717) is 19.3 Å². The van der Waals surface area contributed by atoms with Crippen LogP contribution in [0.5, 0.6) is 0 Å². The zero-order valence-corrected chi connectivity index (χ0v) is 18.0. The molecule has 3 N–H and O–H groups in total. The van der Waals surface area contributed by atoms with E-state index in [0.717, 1.165) is 6.08 Å². The number of fused-ring (bicyclic) bond motifs is 3. The van der Waals surface area contributed by atoms with E-state index in [1.807, 2.05) is 31.2 Å². The van der Waals surface area contributed by atoms with Crippen LogP contribution >= 0.6 is 0 Å². The molecule has 168 valence electrons. The lowest BCUT2D eigenvalue weighted by Crippen LogP contribution is -2.34. The van der Waals surface area contributed by atoms with Crippen LogP contribution in [0.2, 0.25) is 0 Å². The van der Waals surface area contributed by atoms with Crippen LogP contribution in [0, 0.1) is 0 Å². The van der Waals surface area contributed by atoms with Gasteiger partial charge in [0.25, 0.3) is 0 Å². The number of rotatable bonds is 10. The van der Waals surface area contributed by atoms with Crippen LogP contribution in [0.3, 0.4) is 0 Å². The van der Waals surface area contributed by atoms with Crippen molar-refractivity contribution in [2.45, 2.75) is 38.1 Å². The molecule has 1 atom stereocenters. The van der Waals surface area contributed by atoms with Crippen LogP contribution in [0.25, 0.3) is 11.1 Å². The van der Waals surface area contributed by atoms with E-state index in [9.17, 15) is 14.4 Å². The van der Waals surface area contributed by atoms with Crippen LogP contribution in [-0.4, -0.2) is 42.3 Å². The Hall–Kier alpha value is -3.61. The van der Waals surface area contributed by atoms with Gasteiger partial charge in [-0.25, -0.2) is 9.59 Å². The Labute approximate surface area is 187 Å². The van der Waals surface area contributed by atoms with Crippen LogP contribution < -0.4 is 10.6 Å². The Bertz CT molecular complexity index is 956. The fraction of sp³-hybridized carbons (Fsp3) is 0.320. The molecule has 7 heteroatoms. The summed E-state index contributed by atoms with van der Waals surface area (Å²) >= 11 is 0. The molecular weight excluding hydrogens is 408 g/mol. The van der Waals surface area contributed by atoms with E-state index in [2.05, 4.69) is 34.9 Å². The molecule has 1 unspecified atom stereocenters. The van der Waals surface area contributed by atoms with Crippen molar-refractivity contribution in [3.8, 4) is 11.1 Å². The molecule has 1 aliphatic carbocycles. The lowest BCUT2D eigenvalue weighted by molar-refractivity contribution is -0.131. The highest BCUT2D eigenvalue weighted by Gasteiger charge is 2.29. The third-order valence-electron chi connectivity index (χ3n) is 5.43. The number of carboxylic acid groups (broad SMARTS) is 1. The summed E-state index contributed by atoms with van der Waals surface area (Å²) in [5.74, 6) is -1.19. The fourth-order valence-corrected chi connectivity index (χ4v) is 3.90. The quantitative estimate of drug-likeness (QED) is 0.491. The van der Waals surface area contributed by atoms with Crippen molar-refractivity contribution in [2.24, 2.45) is 0 Å². The second kappa shape index (κ2) is 11.1. The topological polar surface area (TPSA) is 105 Å². The van der Waals surface area contributed by atoms with E-state index >= 15 is 0 Å². The molecule has 0 spiro atoms. The fourth-order valence-electron chi connectivity index (χ4n) is 3.90. The number of hydrogen-bond donors (Lipinski definition) is 3. The molecule has 1 aliphatic rings. The van der Waals surface area contributed by atoms with Gasteiger partial charge in [0.2, 0.25) is 5.91 Å². The minimum atomic E-state index is -1.05. The summed E-state index contributed by atoms with van der Waals surface area (Å²) in [6, 6.07) is 16.2. The van der Waals surface area contributed by atoms with Gasteiger partial charge in [-0.2, -0.15) is 0 Å². The minimum Gasteiger partial charge on any atom is -0.478 e. The van der Waals surface area contributed by atoms with Gasteiger partial charge in [0.15, 0.2) is 0 Å². The van der Waals surface area contributed by atoms with E-state index in [1.54, 1.807) is 0 Å². The van der Waals surface area contributed by atoms with Gasteiger partial charge in [-0.3, -0.25) is 4.79 Å². The molecule has 2 aromatic carbocycles. The number of benzene rings is 2. The number of alkyl carbamates (subject to hydrolysis) is 1. The average molecular weight is 437 g/mol. The van der Waals surface area contributed by atoms with E-state index in [-0.39, 0.29) is 31.0 Å². The highest BCUT2D eigenvalue weighted by Crippen LogP contribution is 2.44. The third-order valence-corrected chi connectivity index (χ3v) is 5.43. The maximum absolute atomic E-state index is 12.3. The summed E-state index contributed by atoms with van der Waals surface area (Å²) in [6.07, 6.45) is 3.42. The second-order valence-electron chi connectivity index (χ2n) is 7.81. The Morgan fingerprint density at radius 1 is 1.06 bits per heavy atom. The standard InChI is InChI=1S/C25H28N2O5/c1-17(8-6-13-23(28)26-15-7-14-24(29)30)27-25(31)32-16-22-20-11-4-2-9-18(20)19-10-3-5-12-21(19)22/h2-5,7,9-12,14,17,22H,6,8,13,15-16H2,1H3,(H,26,28)(H,27,31)(H,29,30)/b14-7+. The Morgan fingerprint density at radius 3 is 2.31 bits per heavy atom. The number of hydrogen-bond acceptors (Lipinski definition) is 4. The van der Waals surface area contributed by atoms with E-state index in [1.165, 1.54) is 28.3 Å². The lowest BCUT2D eigenvalue weighted by atomic mass is 9.98. The van der Waals surface area contributed by atoms with Crippen molar-refractivity contribution < 1.29 is 24.2 Å². The van der Waals surface area contributed by atoms with Gasteiger partial charge in [-0.1, -0.05) is 54.6 Å². The van der Waals surface area contributed by atoms with Gasteiger partial charge in [0.1, 0.15) is 6.61 Å². The molecule has 0 bridgehead atoms. The Kier molecular flexibility index (Phi) is 8.02. The van der Waals surface area contributed by atoms with Crippen LogP contribution in [-0.2, 0) is 14.3 Å². The molecule has 0 saturated carbocycles. The minimum absolute atomic E-state index is 0.0160. The molecule has 0 fully saturated rings. The maximum Gasteiger partial charge on any atom is 0.407 e. The zero-order chi connectivity index (χ0) is 22.9. The van der Waals surface area contributed by atoms with Crippen LogP contribution in [0.15, 0.2) is 60.7 Å². The highest BCUT2D eigenvalue weighted by molar-refractivity contribution is 5.80. The summed E-state index contributed by atoms with van der Waals surface area (Å²) in [5, 5.41) is 13.9. The van der Waals surface area contributed by atoms with Crippen molar-refractivity contribution in [3.63, 3.8) is 0 Å². The predicted molar refractivity (Wildman–Crippen MR) is 121 cm³/mol. The van der Waals surface area contributed by atoms with Gasteiger partial charge in [0.05, 0.1) is 0 Å². The van der Waals surface area contributed by atoms with E-state index in [4.69, 9.17) is 9.84 Å². The molecule has 0 aromatic heterocycles. The number of nitrogens with one attached hydrogen (secondary N) is 2. The number of carbonyl (C=O) groups is 3. The summed E-state index contributed by atoms with van der Waals surface area (Å²) in [5.41, 5.74) is 4.70. The van der Waals surface area contributed by atoms with Crippen molar-refractivity contribution in [1.82, 2.24) is 10.6 Å². The first-order valence-electron chi connectivity index (χ1n) is 10.7. The molecule has 0 aliphatic heterocycles. The molecule has 7 nitrogen and oxygen atoms in total. The monoisotopic (exact) mass is 436 g/mol. The molecule has 0 saturated heterocycles. The highest BCUT2D eigenvalue weighted by atomic mass is 16.5. The van der Waals surface area contributed by atoms with Gasteiger partial charge < -0.3 is 20.5 Å². The largest absolute Gasteiger partial charge is 0.478 e. The average Bonchev–Trinajstić information content (AvgIpc) is 3.09. The molecule has 32 heavy (non-hydrogen) atoms. The van der Waals surface area contributed by atoms with Crippen molar-refractivity contribution >= 4 is 18.0 Å². The number of carbonyl (C=O) groups excluding carboxylic acids is 2. The first-order valence-corrected chi connectivity index (χ1v) is 10.7. The maximum atomic E-state index is 12.3. The van der Waals surface area contributed by atoms with Gasteiger partial charge in [0, 0.05) is 31.0 Å². The smallest absolute Gasteiger partial charge is 0.407 e. The van der Waals surface area contributed by atoms with Gasteiger partial charge in [-0.05, 0) is 42.0 Å². The van der Waals surface area contributed by atoms with Gasteiger partial charge in [-0.15, -0.1) is 0 Å². The van der Waals surface area contributed by atoms with Crippen LogP contribution in [0.4, 0.5) is 4.79 Å².